The third-order valence-electron chi connectivity index (χ3n) is 4.46. The van der Waals surface area contributed by atoms with Crippen molar-refractivity contribution in [3.63, 3.8) is 0 Å². The van der Waals surface area contributed by atoms with E-state index < -0.39 is 10.0 Å². The zero-order valence-electron chi connectivity index (χ0n) is 16.1. The first-order chi connectivity index (χ1) is 13.2. The Balaban J connectivity index is 1.90. The Kier molecular flexibility index (Phi) is 5.24. The van der Waals surface area contributed by atoms with E-state index in [-0.39, 0.29) is 10.5 Å². The highest BCUT2D eigenvalue weighted by atomic mass is 32.2. The molecule has 0 bridgehead atoms. The lowest BCUT2D eigenvalue weighted by atomic mass is 10.1. The fourth-order valence-corrected chi connectivity index (χ4v) is 4.00. The lowest BCUT2D eigenvalue weighted by Gasteiger charge is -2.14. The second-order valence-corrected chi connectivity index (χ2v) is 8.10. The molecule has 1 heterocycles. The highest BCUT2D eigenvalue weighted by Gasteiger charge is 2.21. The van der Waals surface area contributed by atoms with Gasteiger partial charge >= 0.3 is 0 Å². The summed E-state index contributed by atoms with van der Waals surface area (Å²) in [6.07, 6.45) is 0. The Labute approximate surface area is 163 Å². The van der Waals surface area contributed by atoms with Crippen molar-refractivity contribution in [3.8, 4) is 17.0 Å². The Morgan fingerprint density at radius 1 is 1.00 bits per heavy atom. The Morgan fingerprint density at radius 2 is 1.64 bits per heavy atom. The molecule has 0 aliphatic rings. The molecule has 28 heavy (non-hydrogen) atoms. The molecule has 0 radical (unpaired) electrons. The van der Waals surface area contributed by atoms with Crippen LogP contribution < -0.4 is 15.0 Å². The van der Waals surface area contributed by atoms with Gasteiger partial charge in [-0.05, 0) is 55.3 Å². The number of aromatic nitrogens is 2. The summed E-state index contributed by atoms with van der Waals surface area (Å²) in [6, 6.07) is 13.1. The average Bonchev–Trinajstić information content (AvgIpc) is 2.66. The van der Waals surface area contributed by atoms with Crippen molar-refractivity contribution in [2.75, 3.05) is 11.8 Å². The second-order valence-electron chi connectivity index (χ2n) is 6.45. The summed E-state index contributed by atoms with van der Waals surface area (Å²) in [5.74, 6) is 0.293. The van der Waals surface area contributed by atoms with E-state index in [1.165, 1.54) is 17.9 Å². The van der Waals surface area contributed by atoms with Gasteiger partial charge in [0, 0.05) is 24.4 Å². The predicted octanol–water partition coefficient (Wildman–Crippen LogP) is 2.87. The van der Waals surface area contributed by atoms with Crippen LogP contribution in [0.1, 0.15) is 11.1 Å². The van der Waals surface area contributed by atoms with Gasteiger partial charge in [-0.25, -0.2) is 13.1 Å². The van der Waals surface area contributed by atoms with Gasteiger partial charge in [0.05, 0.1) is 12.8 Å². The number of anilines is 1. The predicted molar refractivity (Wildman–Crippen MR) is 108 cm³/mol. The number of methoxy groups -OCH3 is 1. The third kappa shape index (κ3) is 3.91. The van der Waals surface area contributed by atoms with Gasteiger partial charge in [-0.2, -0.15) is 5.10 Å². The number of nitrogens with one attached hydrogen (secondary N) is 1. The fraction of sp³-hybridized carbons (Fsp3) is 0.200. The summed E-state index contributed by atoms with van der Waals surface area (Å²) in [5.41, 5.74) is 3.40. The molecule has 0 unspecified atom stereocenters. The minimum atomic E-state index is -3.82. The van der Waals surface area contributed by atoms with Crippen LogP contribution in [0, 0.1) is 13.8 Å². The molecule has 0 aliphatic heterocycles. The molecule has 146 valence electrons. The Bertz CT molecular complexity index is 1180. The smallest absolute Gasteiger partial charge is 0.266 e. The highest BCUT2D eigenvalue weighted by Crippen LogP contribution is 2.29. The molecule has 8 heteroatoms. The lowest BCUT2D eigenvalue weighted by molar-refractivity contribution is 0.402. The topological polar surface area (TPSA) is 90.3 Å². The molecule has 0 atom stereocenters. The quantitative estimate of drug-likeness (QED) is 0.712. The van der Waals surface area contributed by atoms with E-state index >= 15 is 0 Å². The van der Waals surface area contributed by atoms with Crippen molar-refractivity contribution < 1.29 is 13.2 Å². The summed E-state index contributed by atoms with van der Waals surface area (Å²) < 4.78 is 34.7. The molecule has 1 N–H and O–H groups in total. The SMILES string of the molecule is COc1cc(C)c(C)cc1S(=O)(=O)Nc1ccc(-c2ccc(=O)n(C)n2)cc1. The molecule has 2 aromatic carbocycles. The van der Waals surface area contributed by atoms with E-state index in [4.69, 9.17) is 4.74 Å². The maximum Gasteiger partial charge on any atom is 0.266 e. The lowest BCUT2D eigenvalue weighted by Crippen LogP contribution is -2.18. The molecular weight excluding hydrogens is 378 g/mol. The molecule has 0 amide bonds. The van der Waals surface area contributed by atoms with E-state index in [0.717, 1.165) is 16.7 Å². The van der Waals surface area contributed by atoms with Crippen LogP contribution in [0.5, 0.6) is 5.75 Å². The first kappa shape index (κ1) is 19.6. The van der Waals surface area contributed by atoms with Gasteiger partial charge in [-0.15, -0.1) is 0 Å². The van der Waals surface area contributed by atoms with Gasteiger partial charge in [-0.3, -0.25) is 9.52 Å². The van der Waals surface area contributed by atoms with Gasteiger partial charge in [0.2, 0.25) is 0 Å². The number of ether oxygens (including phenoxy) is 1. The molecule has 0 spiro atoms. The van der Waals surface area contributed by atoms with Crippen LogP contribution in [-0.4, -0.2) is 25.3 Å². The minimum Gasteiger partial charge on any atom is -0.495 e. The number of hydrogen-bond donors (Lipinski definition) is 1. The maximum atomic E-state index is 12.8. The van der Waals surface area contributed by atoms with Crippen molar-refractivity contribution in [1.82, 2.24) is 9.78 Å². The second kappa shape index (κ2) is 7.47. The first-order valence-electron chi connectivity index (χ1n) is 8.54. The van der Waals surface area contributed by atoms with E-state index in [0.29, 0.717) is 17.1 Å². The Hall–Kier alpha value is -3.13. The highest BCUT2D eigenvalue weighted by molar-refractivity contribution is 7.92. The van der Waals surface area contributed by atoms with E-state index in [1.807, 2.05) is 13.8 Å². The summed E-state index contributed by atoms with van der Waals surface area (Å²) >= 11 is 0. The minimum absolute atomic E-state index is 0.0851. The van der Waals surface area contributed by atoms with Crippen molar-refractivity contribution in [1.29, 1.82) is 0 Å². The molecule has 3 aromatic rings. The molecular formula is C20H21N3O4S. The Morgan fingerprint density at radius 3 is 2.25 bits per heavy atom. The number of rotatable bonds is 5. The molecule has 7 nitrogen and oxygen atoms in total. The van der Waals surface area contributed by atoms with Crippen LogP contribution in [-0.2, 0) is 17.1 Å². The molecule has 0 aliphatic carbocycles. The summed E-state index contributed by atoms with van der Waals surface area (Å²) in [7, 11) is -0.804. The van der Waals surface area contributed by atoms with E-state index in [2.05, 4.69) is 9.82 Å². The van der Waals surface area contributed by atoms with Crippen molar-refractivity contribution >= 4 is 15.7 Å². The van der Waals surface area contributed by atoms with Crippen LogP contribution >= 0.6 is 0 Å². The monoisotopic (exact) mass is 399 g/mol. The van der Waals surface area contributed by atoms with Crippen molar-refractivity contribution in [2.24, 2.45) is 7.05 Å². The third-order valence-corrected chi connectivity index (χ3v) is 5.87. The van der Waals surface area contributed by atoms with Crippen LogP contribution in [0.2, 0.25) is 0 Å². The number of hydrogen-bond acceptors (Lipinski definition) is 5. The van der Waals surface area contributed by atoms with Gasteiger partial charge in [-0.1, -0.05) is 12.1 Å². The summed E-state index contributed by atoms with van der Waals surface area (Å²) in [6.45, 7) is 3.75. The van der Waals surface area contributed by atoms with Crippen molar-refractivity contribution in [2.45, 2.75) is 18.7 Å². The first-order valence-corrected chi connectivity index (χ1v) is 10.0. The molecule has 0 fully saturated rings. The van der Waals surface area contributed by atoms with Gasteiger partial charge in [0.1, 0.15) is 10.6 Å². The average molecular weight is 399 g/mol. The molecule has 0 saturated carbocycles. The van der Waals surface area contributed by atoms with E-state index in [9.17, 15) is 13.2 Å². The van der Waals surface area contributed by atoms with Gasteiger partial charge < -0.3 is 4.74 Å². The van der Waals surface area contributed by atoms with Crippen molar-refractivity contribution in [3.05, 3.63) is 70.0 Å². The van der Waals surface area contributed by atoms with Crippen LogP contribution in [0.4, 0.5) is 5.69 Å². The molecule has 3 rings (SSSR count). The van der Waals surface area contributed by atoms with Crippen LogP contribution in [0.3, 0.4) is 0 Å². The van der Waals surface area contributed by atoms with E-state index in [1.54, 1.807) is 49.5 Å². The fourth-order valence-electron chi connectivity index (χ4n) is 2.71. The maximum absolute atomic E-state index is 12.8. The van der Waals surface area contributed by atoms with Gasteiger partial charge in [0.15, 0.2) is 0 Å². The number of nitrogens with zero attached hydrogens (tertiary/aromatic N) is 2. The van der Waals surface area contributed by atoms with Crippen LogP contribution in [0.25, 0.3) is 11.3 Å². The van der Waals surface area contributed by atoms with Crippen LogP contribution in [0.15, 0.2) is 58.2 Å². The zero-order chi connectivity index (χ0) is 20.5. The number of sulfonamides is 1. The van der Waals surface area contributed by atoms with Gasteiger partial charge in [0.25, 0.3) is 15.6 Å². The summed E-state index contributed by atoms with van der Waals surface area (Å²) in [4.78, 5) is 11.5. The number of benzene rings is 2. The summed E-state index contributed by atoms with van der Waals surface area (Å²) in [5, 5.41) is 4.18. The standard InChI is InChI=1S/C20H21N3O4S/c1-13-11-18(27-4)19(12-14(13)2)28(25,26)22-16-7-5-15(6-8-16)17-9-10-20(24)23(3)21-17/h5-12,22H,1-4H3. The molecule has 1 aromatic heterocycles. The zero-order valence-corrected chi connectivity index (χ0v) is 16.9. The molecule has 0 saturated heterocycles. The normalized spacial score (nSPS) is 11.3. The largest absolute Gasteiger partial charge is 0.495 e. The number of aryl methyl sites for hydroxylation is 3.